The molecule has 2 fully saturated rings. The van der Waals surface area contributed by atoms with E-state index in [0.717, 1.165) is 32.5 Å². The number of hydrogen-bond acceptors (Lipinski definition) is 2. The van der Waals surface area contributed by atoms with Crippen molar-refractivity contribution in [2.24, 2.45) is 11.8 Å². The van der Waals surface area contributed by atoms with Gasteiger partial charge in [-0.1, -0.05) is 26.7 Å². The van der Waals surface area contributed by atoms with Crippen molar-refractivity contribution in [3.05, 3.63) is 0 Å². The van der Waals surface area contributed by atoms with Crippen molar-refractivity contribution in [2.45, 2.75) is 58.4 Å². The fraction of sp³-hybridized carbons (Fsp3) is 0.933. The maximum absolute atomic E-state index is 12.7. The van der Waals surface area contributed by atoms with Crippen molar-refractivity contribution < 1.29 is 4.79 Å². The zero-order valence-corrected chi connectivity index (χ0v) is 13.2. The minimum absolute atomic E-state index is 0. The van der Waals surface area contributed by atoms with Gasteiger partial charge in [0.25, 0.3) is 0 Å². The van der Waals surface area contributed by atoms with E-state index in [-0.39, 0.29) is 18.3 Å². The first-order chi connectivity index (χ1) is 8.68. The Kier molecular flexibility index (Phi) is 7.16. The third kappa shape index (κ3) is 4.64. The summed E-state index contributed by atoms with van der Waals surface area (Å²) in [5.74, 6) is 1.30. The number of halogens is 1. The van der Waals surface area contributed by atoms with E-state index in [4.69, 9.17) is 0 Å². The van der Waals surface area contributed by atoms with Crippen LogP contribution in [0.15, 0.2) is 0 Å². The summed E-state index contributed by atoms with van der Waals surface area (Å²) >= 11 is 0. The number of hydrogen-bond donors (Lipinski definition) is 1. The maximum Gasteiger partial charge on any atom is 0.226 e. The largest absolute Gasteiger partial charge is 0.339 e. The number of carbonyl (C=O) groups excluding carboxylic acids is 1. The Hall–Kier alpha value is -0.280. The molecule has 2 aliphatic rings. The highest BCUT2D eigenvalue weighted by Gasteiger charge is 2.32. The number of piperidine rings is 1. The molecule has 112 valence electrons. The summed E-state index contributed by atoms with van der Waals surface area (Å²) in [5, 5.41) is 3.35. The fourth-order valence-electron chi connectivity index (χ4n) is 3.33. The van der Waals surface area contributed by atoms with Crippen LogP contribution >= 0.6 is 12.4 Å². The summed E-state index contributed by atoms with van der Waals surface area (Å²) in [4.78, 5) is 14.9. The van der Waals surface area contributed by atoms with Crippen LogP contribution in [0.5, 0.6) is 0 Å². The van der Waals surface area contributed by atoms with E-state index < -0.39 is 0 Å². The molecule has 0 radical (unpaired) electrons. The molecule has 0 aromatic heterocycles. The number of amides is 1. The zero-order valence-electron chi connectivity index (χ0n) is 12.4. The highest BCUT2D eigenvalue weighted by Crippen LogP contribution is 2.27. The monoisotopic (exact) mass is 288 g/mol. The maximum atomic E-state index is 12.7. The van der Waals surface area contributed by atoms with Gasteiger partial charge >= 0.3 is 0 Å². The second-order valence-electron chi connectivity index (χ2n) is 6.35. The molecule has 4 heteroatoms. The van der Waals surface area contributed by atoms with Gasteiger partial charge in [-0.2, -0.15) is 0 Å². The molecule has 1 amide bonds. The Morgan fingerprint density at radius 2 is 1.74 bits per heavy atom. The summed E-state index contributed by atoms with van der Waals surface area (Å²) in [7, 11) is 0. The van der Waals surface area contributed by atoms with Crippen LogP contribution in [-0.4, -0.2) is 36.5 Å². The number of nitrogens with one attached hydrogen (secondary N) is 1. The summed E-state index contributed by atoms with van der Waals surface area (Å²) in [6.07, 6.45) is 7.12. The van der Waals surface area contributed by atoms with E-state index in [9.17, 15) is 4.79 Å². The van der Waals surface area contributed by atoms with Gasteiger partial charge in [-0.3, -0.25) is 4.79 Å². The minimum atomic E-state index is 0. The minimum Gasteiger partial charge on any atom is -0.339 e. The Labute approximate surface area is 123 Å². The van der Waals surface area contributed by atoms with Crippen molar-refractivity contribution in [3.63, 3.8) is 0 Å². The average Bonchev–Trinajstić information content (AvgIpc) is 2.89. The van der Waals surface area contributed by atoms with E-state index in [1.165, 1.54) is 25.7 Å². The van der Waals surface area contributed by atoms with Crippen LogP contribution in [0.3, 0.4) is 0 Å². The van der Waals surface area contributed by atoms with Crippen LogP contribution in [0.1, 0.15) is 52.4 Å². The van der Waals surface area contributed by atoms with Crippen LogP contribution in [0.2, 0.25) is 0 Å². The van der Waals surface area contributed by atoms with Gasteiger partial charge in [0.05, 0.1) is 0 Å². The highest BCUT2D eigenvalue weighted by molar-refractivity contribution is 5.85. The molecular weight excluding hydrogens is 260 g/mol. The molecule has 0 aromatic carbocycles. The second kappa shape index (κ2) is 8.11. The molecule has 1 N–H and O–H groups in total. The predicted molar refractivity (Wildman–Crippen MR) is 81.6 cm³/mol. The summed E-state index contributed by atoms with van der Waals surface area (Å²) in [6, 6.07) is 0.537. The topological polar surface area (TPSA) is 32.3 Å². The van der Waals surface area contributed by atoms with Gasteiger partial charge < -0.3 is 10.2 Å². The number of nitrogens with zero attached hydrogens (tertiary/aromatic N) is 1. The Balaban J connectivity index is 0.00000180. The van der Waals surface area contributed by atoms with E-state index in [1.807, 2.05) is 0 Å². The quantitative estimate of drug-likeness (QED) is 0.863. The summed E-state index contributed by atoms with van der Waals surface area (Å²) in [6.45, 7) is 7.41. The standard InChI is InChI=1S/C15H28N2O.ClH/c1-12(2)11-17(14-5-3-4-6-14)15(18)13-7-9-16-10-8-13;/h12-14,16H,3-11H2,1-2H3;1H. The van der Waals surface area contributed by atoms with Gasteiger partial charge in [0, 0.05) is 18.5 Å². The van der Waals surface area contributed by atoms with E-state index in [2.05, 4.69) is 24.1 Å². The first-order valence-electron chi connectivity index (χ1n) is 7.69. The molecular formula is C15H29ClN2O. The molecule has 0 atom stereocenters. The number of rotatable bonds is 4. The Bertz CT molecular complexity index is 271. The first-order valence-corrected chi connectivity index (χ1v) is 7.69. The van der Waals surface area contributed by atoms with Gasteiger partial charge in [0.1, 0.15) is 0 Å². The molecule has 1 aliphatic carbocycles. The molecule has 0 unspecified atom stereocenters. The molecule has 1 saturated heterocycles. The van der Waals surface area contributed by atoms with Gasteiger partial charge in [-0.15, -0.1) is 12.4 Å². The van der Waals surface area contributed by atoms with Crippen molar-refractivity contribution in [3.8, 4) is 0 Å². The van der Waals surface area contributed by atoms with Gasteiger partial charge in [0.2, 0.25) is 5.91 Å². The lowest BCUT2D eigenvalue weighted by Gasteiger charge is -2.35. The van der Waals surface area contributed by atoms with Crippen LogP contribution in [0.4, 0.5) is 0 Å². The molecule has 0 aromatic rings. The van der Waals surface area contributed by atoms with Crippen LogP contribution in [0.25, 0.3) is 0 Å². The predicted octanol–water partition coefficient (Wildman–Crippen LogP) is 2.84. The first kappa shape index (κ1) is 16.8. The van der Waals surface area contributed by atoms with Crippen molar-refractivity contribution in [1.82, 2.24) is 10.2 Å². The molecule has 1 saturated carbocycles. The third-order valence-electron chi connectivity index (χ3n) is 4.30. The molecule has 0 spiro atoms. The van der Waals surface area contributed by atoms with Crippen molar-refractivity contribution in [2.75, 3.05) is 19.6 Å². The molecule has 1 aliphatic heterocycles. The lowest BCUT2D eigenvalue weighted by atomic mass is 9.95. The van der Waals surface area contributed by atoms with E-state index >= 15 is 0 Å². The fourth-order valence-corrected chi connectivity index (χ4v) is 3.33. The lowest BCUT2D eigenvalue weighted by Crippen LogP contribution is -2.46. The third-order valence-corrected chi connectivity index (χ3v) is 4.30. The van der Waals surface area contributed by atoms with Crippen LogP contribution in [0, 0.1) is 11.8 Å². The normalized spacial score (nSPS) is 21.4. The van der Waals surface area contributed by atoms with Gasteiger partial charge in [-0.05, 0) is 44.7 Å². The molecule has 0 bridgehead atoms. The number of carbonyl (C=O) groups is 1. The molecule has 2 rings (SSSR count). The molecule has 19 heavy (non-hydrogen) atoms. The smallest absolute Gasteiger partial charge is 0.226 e. The lowest BCUT2D eigenvalue weighted by molar-refractivity contribution is -0.139. The SMILES string of the molecule is CC(C)CN(C(=O)C1CCNCC1)C1CCCC1.Cl. The van der Waals surface area contributed by atoms with Crippen LogP contribution in [-0.2, 0) is 4.79 Å². The zero-order chi connectivity index (χ0) is 13.0. The molecule has 3 nitrogen and oxygen atoms in total. The van der Waals surface area contributed by atoms with Crippen LogP contribution < -0.4 is 5.32 Å². The average molecular weight is 289 g/mol. The Morgan fingerprint density at radius 3 is 2.26 bits per heavy atom. The van der Waals surface area contributed by atoms with Gasteiger partial charge in [0.15, 0.2) is 0 Å². The van der Waals surface area contributed by atoms with Crippen molar-refractivity contribution >= 4 is 18.3 Å². The summed E-state index contributed by atoms with van der Waals surface area (Å²) in [5.41, 5.74) is 0. The molecule has 1 heterocycles. The van der Waals surface area contributed by atoms with E-state index in [1.54, 1.807) is 0 Å². The second-order valence-corrected chi connectivity index (χ2v) is 6.35. The van der Waals surface area contributed by atoms with E-state index in [0.29, 0.717) is 17.9 Å². The Morgan fingerprint density at radius 1 is 1.16 bits per heavy atom. The van der Waals surface area contributed by atoms with Gasteiger partial charge in [-0.25, -0.2) is 0 Å². The highest BCUT2D eigenvalue weighted by atomic mass is 35.5. The summed E-state index contributed by atoms with van der Waals surface area (Å²) < 4.78 is 0. The van der Waals surface area contributed by atoms with Crippen molar-refractivity contribution in [1.29, 1.82) is 0 Å².